The molecule has 0 saturated carbocycles. The number of carbonyl (C=O) groups excluding carboxylic acids is 1. The molecule has 0 aliphatic rings. The molecule has 0 radical (unpaired) electrons. The van der Waals surface area contributed by atoms with Crippen LogP contribution in [0.15, 0.2) is 126 Å². The fraction of sp³-hybridized carbons (Fsp3) is 0.161. The van der Waals surface area contributed by atoms with Crippen LogP contribution >= 0.6 is 0 Å². The first-order valence-corrected chi connectivity index (χ1v) is 11.7. The van der Waals surface area contributed by atoms with E-state index in [1.807, 2.05) is 109 Å². The maximum Gasteiger partial charge on any atom is 0.331 e. The normalized spacial score (nSPS) is 11.4. The number of aliphatic imine (C=N–C) groups is 1. The van der Waals surface area contributed by atoms with E-state index in [4.69, 9.17) is 9.73 Å². The average Bonchev–Trinajstić information content (AvgIpc) is 2.91. The summed E-state index contributed by atoms with van der Waals surface area (Å²) in [4.78, 5) is 18.2. The Morgan fingerprint density at radius 3 is 1.65 bits per heavy atom. The number of esters is 1. The number of aryl methyl sites for hydroxylation is 1. The molecule has 4 aromatic rings. The van der Waals surface area contributed by atoms with Crippen LogP contribution in [0, 0.1) is 0 Å². The van der Waals surface area contributed by atoms with Gasteiger partial charge >= 0.3 is 5.97 Å². The van der Waals surface area contributed by atoms with E-state index in [1.165, 1.54) is 5.56 Å². The monoisotopic (exact) mass is 447 g/mol. The van der Waals surface area contributed by atoms with Crippen molar-refractivity contribution in [3.8, 4) is 0 Å². The maximum absolute atomic E-state index is 13.2. The van der Waals surface area contributed by atoms with E-state index in [9.17, 15) is 4.79 Å². The van der Waals surface area contributed by atoms with Crippen LogP contribution in [0.3, 0.4) is 0 Å². The Hall–Kier alpha value is -3.98. The number of nitrogens with zero attached hydrogens (tertiary/aromatic N) is 1. The second-order valence-corrected chi connectivity index (χ2v) is 8.20. The lowest BCUT2D eigenvalue weighted by molar-refractivity contribution is -0.146. The van der Waals surface area contributed by atoms with E-state index >= 15 is 0 Å². The summed E-state index contributed by atoms with van der Waals surface area (Å²) in [6.45, 7) is 0.246. The lowest BCUT2D eigenvalue weighted by Gasteiger charge is -2.16. The third-order valence-electron chi connectivity index (χ3n) is 5.66. The summed E-state index contributed by atoms with van der Waals surface area (Å²) in [5.74, 6) is -0.290. The van der Waals surface area contributed by atoms with Crippen molar-refractivity contribution < 1.29 is 9.53 Å². The molecule has 0 bridgehead atoms. The molecule has 1 atom stereocenters. The summed E-state index contributed by atoms with van der Waals surface area (Å²) in [5, 5.41) is 0. The second kappa shape index (κ2) is 12.3. The fourth-order valence-electron chi connectivity index (χ4n) is 3.87. The fourth-order valence-corrected chi connectivity index (χ4v) is 3.87. The summed E-state index contributed by atoms with van der Waals surface area (Å²) in [7, 11) is 0. The highest BCUT2D eigenvalue weighted by atomic mass is 16.5. The van der Waals surface area contributed by atoms with E-state index in [2.05, 4.69) is 12.1 Å². The minimum Gasteiger partial charge on any atom is -0.459 e. The van der Waals surface area contributed by atoms with Crippen molar-refractivity contribution in [3.63, 3.8) is 0 Å². The Morgan fingerprint density at radius 2 is 1.12 bits per heavy atom. The van der Waals surface area contributed by atoms with Gasteiger partial charge in [-0.3, -0.25) is 4.99 Å². The summed E-state index contributed by atoms with van der Waals surface area (Å²) in [5.41, 5.74) is 5.00. The Labute approximate surface area is 201 Å². The van der Waals surface area contributed by atoms with Gasteiger partial charge in [0.15, 0.2) is 0 Å². The molecule has 4 rings (SSSR count). The van der Waals surface area contributed by atoms with Gasteiger partial charge in [-0.2, -0.15) is 0 Å². The van der Waals surface area contributed by atoms with Crippen molar-refractivity contribution in [2.45, 2.75) is 31.9 Å². The Bertz CT molecular complexity index is 1130. The van der Waals surface area contributed by atoms with Gasteiger partial charge in [0.05, 0.1) is 5.71 Å². The topological polar surface area (TPSA) is 38.7 Å². The SMILES string of the molecule is O=C(OCc1ccccc1)C(CCCc1ccccc1)N=C(c1ccccc1)c1ccccc1. The van der Waals surface area contributed by atoms with Crippen molar-refractivity contribution in [1.82, 2.24) is 0 Å². The summed E-state index contributed by atoms with van der Waals surface area (Å²) >= 11 is 0. The van der Waals surface area contributed by atoms with Crippen LogP contribution in [-0.4, -0.2) is 17.7 Å². The van der Waals surface area contributed by atoms with E-state index in [0.717, 1.165) is 35.2 Å². The molecule has 0 amide bonds. The van der Waals surface area contributed by atoms with Gasteiger partial charge in [-0.25, -0.2) is 4.79 Å². The van der Waals surface area contributed by atoms with Gasteiger partial charge in [0.1, 0.15) is 12.6 Å². The molecule has 170 valence electrons. The maximum atomic E-state index is 13.2. The van der Waals surface area contributed by atoms with Gasteiger partial charge in [-0.15, -0.1) is 0 Å². The number of ether oxygens (including phenoxy) is 1. The van der Waals surface area contributed by atoms with Crippen LogP contribution < -0.4 is 0 Å². The van der Waals surface area contributed by atoms with Crippen LogP contribution in [0.2, 0.25) is 0 Å². The zero-order valence-electron chi connectivity index (χ0n) is 19.2. The lowest BCUT2D eigenvalue weighted by Crippen LogP contribution is -2.24. The Kier molecular flexibility index (Phi) is 8.40. The molecule has 0 aromatic heterocycles. The van der Waals surface area contributed by atoms with Crippen molar-refractivity contribution in [1.29, 1.82) is 0 Å². The molecule has 0 N–H and O–H groups in total. The van der Waals surface area contributed by atoms with Crippen LogP contribution in [0.1, 0.15) is 35.1 Å². The van der Waals surface area contributed by atoms with E-state index in [-0.39, 0.29) is 12.6 Å². The first-order chi connectivity index (χ1) is 16.8. The zero-order chi connectivity index (χ0) is 23.4. The van der Waals surface area contributed by atoms with E-state index < -0.39 is 6.04 Å². The first-order valence-electron chi connectivity index (χ1n) is 11.7. The Morgan fingerprint density at radius 1 is 0.647 bits per heavy atom. The van der Waals surface area contributed by atoms with E-state index in [0.29, 0.717) is 6.42 Å². The second-order valence-electron chi connectivity index (χ2n) is 8.20. The van der Waals surface area contributed by atoms with Gasteiger partial charge < -0.3 is 4.74 Å². The quantitative estimate of drug-likeness (QED) is 0.201. The highest BCUT2D eigenvalue weighted by Gasteiger charge is 2.21. The molecule has 0 saturated heterocycles. The number of hydrogen-bond acceptors (Lipinski definition) is 3. The smallest absolute Gasteiger partial charge is 0.331 e. The summed E-state index contributed by atoms with van der Waals surface area (Å²) < 4.78 is 5.72. The molecular weight excluding hydrogens is 418 g/mol. The molecule has 3 heteroatoms. The molecule has 0 spiro atoms. The average molecular weight is 448 g/mol. The number of benzene rings is 4. The molecular formula is C31H29NO2. The van der Waals surface area contributed by atoms with Gasteiger partial charge in [0, 0.05) is 11.1 Å². The third kappa shape index (κ3) is 6.76. The molecule has 0 fully saturated rings. The van der Waals surface area contributed by atoms with E-state index in [1.54, 1.807) is 0 Å². The number of rotatable bonds is 10. The predicted molar refractivity (Wildman–Crippen MR) is 138 cm³/mol. The van der Waals surface area contributed by atoms with Crippen molar-refractivity contribution in [2.75, 3.05) is 0 Å². The molecule has 34 heavy (non-hydrogen) atoms. The standard InChI is InChI=1S/C31H29NO2/c33-31(34-24-26-16-7-2-8-17-26)29(23-13-18-25-14-5-1-6-15-25)32-30(27-19-9-3-10-20-27)28-21-11-4-12-22-28/h1-12,14-17,19-22,29H,13,18,23-24H2. The third-order valence-corrected chi connectivity index (χ3v) is 5.66. The van der Waals surface area contributed by atoms with Gasteiger partial charge in [0.2, 0.25) is 0 Å². The molecule has 0 aliphatic heterocycles. The van der Waals surface area contributed by atoms with Crippen molar-refractivity contribution >= 4 is 11.7 Å². The highest BCUT2D eigenvalue weighted by Crippen LogP contribution is 2.17. The molecule has 3 nitrogen and oxygen atoms in total. The lowest BCUT2D eigenvalue weighted by atomic mass is 10.0. The summed E-state index contributed by atoms with van der Waals surface area (Å²) in [6, 6.07) is 39.6. The van der Waals surface area contributed by atoms with Crippen LogP contribution in [-0.2, 0) is 22.6 Å². The largest absolute Gasteiger partial charge is 0.459 e. The highest BCUT2D eigenvalue weighted by molar-refractivity contribution is 6.13. The van der Waals surface area contributed by atoms with Crippen molar-refractivity contribution in [3.05, 3.63) is 144 Å². The van der Waals surface area contributed by atoms with Crippen LogP contribution in [0.5, 0.6) is 0 Å². The molecule has 4 aromatic carbocycles. The van der Waals surface area contributed by atoms with Gasteiger partial charge in [-0.1, -0.05) is 121 Å². The van der Waals surface area contributed by atoms with Crippen LogP contribution in [0.25, 0.3) is 0 Å². The first kappa shape index (κ1) is 23.2. The van der Waals surface area contributed by atoms with Gasteiger partial charge in [-0.05, 0) is 30.4 Å². The molecule has 0 aliphatic carbocycles. The predicted octanol–water partition coefficient (Wildman–Crippen LogP) is 6.66. The molecule has 0 heterocycles. The summed E-state index contributed by atoms with van der Waals surface area (Å²) in [6.07, 6.45) is 2.35. The molecule has 1 unspecified atom stereocenters. The Balaban J connectivity index is 1.58. The minimum absolute atomic E-state index is 0.246. The zero-order valence-corrected chi connectivity index (χ0v) is 19.2. The minimum atomic E-state index is -0.581. The van der Waals surface area contributed by atoms with Crippen molar-refractivity contribution in [2.24, 2.45) is 4.99 Å². The van der Waals surface area contributed by atoms with Crippen LogP contribution in [0.4, 0.5) is 0 Å². The number of hydrogen-bond donors (Lipinski definition) is 0. The van der Waals surface area contributed by atoms with Gasteiger partial charge in [0.25, 0.3) is 0 Å². The number of carbonyl (C=O) groups is 1.